The van der Waals surface area contributed by atoms with E-state index in [4.69, 9.17) is 0 Å². The van der Waals surface area contributed by atoms with Gasteiger partial charge in [-0.1, -0.05) is 0 Å². The van der Waals surface area contributed by atoms with E-state index >= 15 is 0 Å². The molecule has 0 saturated heterocycles. The van der Waals surface area contributed by atoms with Crippen molar-refractivity contribution in [3.8, 4) is 0 Å². The van der Waals surface area contributed by atoms with Gasteiger partial charge in [-0.15, -0.1) is 0 Å². The van der Waals surface area contributed by atoms with E-state index in [1.165, 1.54) is 0 Å². The molecule has 1 heterocycles. The molecule has 0 N–H and O–H groups in total. The van der Waals surface area contributed by atoms with Crippen molar-refractivity contribution in [3.63, 3.8) is 0 Å². The molecule has 0 unspecified atom stereocenters. The Morgan fingerprint density at radius 3 is 2.43 bits per heavy atom. The molecule has 40 valence electrons. The largest absolute Gasteiger partial charge is 1.00 e. The molecular formula is C5H8BrN. The van der Waals surface area contributed by atoms with Crippen molar-refractivity contribution in [1.29, 1.82) is 0 Å². The zero-order valence-corrected chi connectivity index (χ0v) is 5.85. The van der Waals surface area contributed by atoms with E-state index in [1.54, 1.807) is 0 Å². The summed E-state index contributed by atoms with van der Waals surface area (Å²) in [6.07, 6.45) is 7.41. The van der Waals surface area contributed by atoms with Gasteiger partial charge in [-0.2, -0.15) is 0 Å². The van der Waals surface area contributed by atoms with Crippen LogP contribution < -0.4 is 17.0 Å². The van der Waals surface area contributed by atoms with Gasteiger partial charge in [-0.3, -0.25) is 0 Å². The molecule has 7 heavy (non-hydrogen) atoms. The second-order valence-electron chi connectivity index (χ2n) is 1.47. The maximum Gasteiger partial charge on any atom is 0.164 e. The number of hydrogen-bond donors (Lipinski definition) is 0. The Kier molecular flexibility index (Phi) is 2.92. The first kappa shape index (κ1) is 6.89. The van der Waals surface area contributed by atoms with Gasteiger partial charge < -0.3 is 17.0 Å². The summed E-state index contributed by atoms with van der Waals surface area (Å²) < 4.78 is 2.06. The van der Waals surface area contributed by atoms with Crippen molar-refractivity contribution >= 4 is 6.21 Å². The van der Waals surface area contributed by atoms with Crippen molar-refractivity contribution in [2.45, 2.75) is 6.42 Å². The Labute approximate surface area is 54.1 Å². The van der Waals surface area contributed by atoms with E-state index in [2.05, 4.69) is 23.1 Å². The lowest BCUT2D eigenvalue weighted by atomic mass is 10.5. The molecule has 1 rings (SSSR count). The molecule has 0 radical (unpaired) electrons. The predicted octanol–water partition coefficient (Wildman–Crippen LogP) is -2.38. The molecule has 2 heteroatoms. The minimum atomic E-state index is 0. The number of rotatable bonds is 0. The minimum absolute atomic E-state index is 0. The Hall–Kier alpha value is -0.110. The van der Waals surface area contributed by atoms with Gasteiger partial charge in [0.25, 0.3) is 0 Å². The predicted molar refractivity (Wildman–Crippen MR) is 26.0 cm³/mol. The Balaban J connectivity index is 0.000000360. The number of hydrogen-bond acceptors (Lipinski definition) is 0. The quantitative estimate of drug-likeness (QED) is 0.350. The van der Waals surface area contributed by atoms with Crippen molar-refractivity contribution in [2.24, 2.45) is 0 Å². The Bertz CT molecular complexity index is 102. The number of nitrogens with zero attached hydrogens (tertiary/aromatic N) is 1. The van der Waals surface area contributed by atoms with E-state index in [1.807, 2.05) is 7.05 Å². The first-order valence-corrected chi connectivity index (χ1v) is 2.11. The summed E-state index contributed by atoms with van der Waals surface area (Å²) in [5.41, 5.74) is 0. The number of halogens is 1. The van der Waals surface area contributed by atoms with Gasteiger partial charge in [-0.05, 0) is 6.08 Å². The lowest BCUT2D eigenvalue weighted by molar-refractivity contribution is -0.413. The first-order chi connectivity index (χ1) is 2.89. The van der Waals surface area contributed by atoms with Gasteiger partial charge in [0.1, 0.15) is 13.3 Å². The monoisotopic (exact) mass is 161 g/mol. The van der Waals surface area contributed by atoms with E-state index in [0.717, 1.165) is 6.42 Å². The molecule has 0 spiro atoms. The first-order valence-electron chi connectivity index (χ1n) is 2.11. The van der Waals surface area contributed by atoms with Crippen LogP contribution in [0, 0.1) is 0 Å². The lowest BCUT2D eigenvalue weighted by Gasteiger charge is -1.69. The highest BCUT2D eigenvalue weighted by atomic mass is 79.9. The van der Waals surface area contributed by atoms with Crippen LogP contribution in [0.1, 0.15) is 6.42 Å². The SMILES string of the molecule is C[N+]1=CCC=C1.[Br-]. The summed E-state index contributed by atoms with van der Waals surface area (Å²) in [6.45, 7) is 0. The van der Waals surface area contributed by atoms with E-state index in [0.29, 0.717) is 0 Å². The Morgan fingerprint density at radius 2 is 2.29 bits per heavy atom. The van der Waals surface area contributed by atoms with E-state index in [9.17, 15) is 0 Å². The van der Waals surface area contributed by atoms with Gasteiger partial charge in [-0.25, -0.2) is 4.58 Å². The van der Waals surface area contributed by atoms with Crippen LogP contribution in [0.25, 0.3) is 0 Å². The summed E-state index contributed by atoms with van der Waals surface area (Å²) in [7, 11) is 2.03. The molecule has 0 aliphatic carbocycles. The van der Waals surface area contributed by atoms with Crippen molar-refractivity contribution in [2.75, 3.05) is 7.05 Å². The van der Waals surface area contributed by atoms with Crippen LogP contribution in [-0.4, -0.2) is 17.8 Å². The second-order valence-corrected chi connectivity index (χ2v) is 1.47. The third kappa shape index (κ3) is 1.88. The molecular weight excluding hydrogens is 154 g/mol. The zero-order chi connectivity index (χ0) is 4.41. The average Bonchev–Trinajstić information content (AvgIpc) is 1.86. The van der Waals surface area contributed by atoms with Crippen LogP contribution in [0.5, 0.6) is 0 Å². The fourth-order valence-corrected chi connectivity index (χ4v) is 0.515. The molecule has 0 atom stereocenters. The van der Waals surface area contributed by atoms with Gasteiger partial charge in [0.15, 0.2) is 6.20 Å². The smallest absolute Gasteiger partial charge is 0.164 e. The van der Waals surface area contributed by atoms with E-state index < -0.39 is 0 Å². The Morgan fingerprint density at radius 1 is 1.57 bits per heavy atom. The van der Waals surface area contributed by atoms with Gasteiger partial charge in [0.05, 0.1) is 0 Å². The molecule has 0 saturated carbocycles. The van der Waals surface area contributed by atoms with Crippen molar-refractivity contribution in [1.82, 2.24) is 0 Å². The minimum Gasteiger partial charge on any atom is -1.00 e. The summed E-state index contributed by atoms with van der Waals surface area (Å²) in [6, 6.07) is 0. The number of allylic oxidation sites excluding steroid dienone is 1. The van der Waals surface area contributed by atoms with Crippen LogP contribution in [-0.2, 0) is 0 Å². The van der Waals surface area contributed by atoms with Gasteiger partial charge in [0, 0.05) is 6.42 Å². The fourth-order valence-electron chi connectivity index (χ4n) is 0.515. The molecule has 0 bridgehead atoms. The molecule has 1 aliphatic rings. The molecule has 0 aromatic heterocycles. The highest BCUT2D eigenvalue weighted by molar-refractivity contribution is 5.55. The van der Waals surface area contributed by atoms with Gasteiger partial charge in [0.2, 0.25) is 0 Å². The van der Waals surface area contributed by atoms with E-state index in [-0.39, 0.29) is 17.0 Å². The lowest BCUT2D eigenvalue weighted by Crippen LogP contribution is -3.00. The van der Waals surface area contributed by atoms with Crippen LogP contribution in [0.2, 0.25) is 0 Å². The summed E-state index contributed by atoms with van der Waals surface area (Å²) in [5, 5.41) is 0. The maximum atomic E-state index is 2.12. The third-order valence-corrected chi connectivity index (χ3v) is 0.870. The maximum absolute atomic E-state index is 2.12. The summed E-state index contributed by atoms with van der Waals surface area (Å²) >= 11 is 0. The van der Waals surface area contributed by atoms with Crippen molar-refractivity contribution < 1.29 is 21.6 Å². The molecule has 0 aromatic rings. The van der Waals surface area contributed by atoms with Gasteiger partial charge >= 0.3 is 0 Å². The van der Waals surface area contributed by atoms with Crippen LogP contribution >= 0.6 is 0 Å². The fraction of sp³-hybridized carbons (Fsp3) is 0.400. The second kappa shape index (κ2) is 2.97. The highest BCUT2D eigenvalue weighted by Crippen LogP contribution is 1.85. The average molecular weight is 162 g/mol. The molecule has 0 fully saturated rings. The normalized spacial score (nSPS) is 15.9. The summed E-state index contributed by atoms with van der Waals surface area (Å²) in [4.78, 5) is 0. The topological polar surface area (TPSA) is 3.01 Å². The zero-order valence-electron chi connectivity index (χ0n) is 4.26. The van der Waals surface area contributed by atoms with Crippen LogP contribution in [0.15, 0.2) is 12.3 Å². The van der Waals surface area contributed by atoms with Crippen LogP contribution in [0.3, 0.4) is 0 Å². The molecule has 0 amide bonds. The molecule has 0 aromatic carbocycles. The van der Waals surface area contributed by atoms with Crippen LogP contribution in [0.4, 0.5) is 0 Å². The summed E-state index contributed by atoms with van der Waals surface area (Å²) in [5.74, 6) is 0. The highest BCUT2D eigenvalue weighted by Gasteiger charge is 1.92. The molecule has 1 aliphatic heterocycles. The standard InChI is InChI=1S/C5H8N.BrH/c1-6-4-2-3-5-6;/h2,4-5H,3H2,1H3;1H/q+1;/p-1. The third-order valence-electron chi connectivity index (χ3n) is 0.870. The van der Waals surface area contributed by atoms with Crippen molar-refractivity contribution in [3.05, 3.63) is 12.3 Å². The molecule has 1 nitrogen and oxygen atoms in total.